The molecule has 0 spiro atoms. The van der Waals surface area contributed by atoms with Gasteiger partial charge in [0.2, 0.25) is 0 Å². The summed E-state index contributed by atoms with van der Waals surface area (Å²) in [5.41, 5.74) is 2.52. The van der Waals surface area contributed by atoms with Crippen LogP contribution in [-0.4, -0.2) is 29.4 Å². The van der Waals surface area contributed by atoms with E-state index in [0.717, 1.165) is 11.2 Å². The minimum Gasteiger partial charge on any atom is -0.465 e. The highest BCUT2D eigenvalue weighted by molar-refractivity contribution is 5.97. The summed E-state index contributed by atoms with van der Waals surface area (Å²) in [6.07, 6.45) is 1.76. The molecule has 2 aromatic rings. The molecule has 0 aliphatic heterocycles. The second-order valence-electron chi connectivity index (χ2n) is 4.18. The largest absolute Gasteiger partial charge is 0.465 e. The van der Waals surface area contributed by atoms with Gasteiger partial charge in [-0.3, -0.25) is 9.59 Å². The lowest BCUT2D eigenvalue weighted by Gasteiger charge is -2.03. The standard InChI is InChI=1S/C14H16N2O3/c1-3-19-13(17)8-15-14(18)11-7-12-6-4-5-10(2)16(12)9-11/h4-7,9H,3,8H2,1-2H3,(H,15,18). The van der Waals surface area contributed by atoms with Crippen molar-refractivity contribution in [3.8, 4) is 0 Å². The van der Waals surface area contributed by atoms with Crippen molar-refractivity contribution in [2.24, 2.45) is 0 Å². The van der Waals surface area contributed by atoms with E-state index < -0.39 is 5.97 Å². The number of rotatable bonds is 4. The summed E-state index contributed by atoms with van der Waals surface area (Å²) in [4.78, 5) is 23.1. The number of aromatic nitrogens is 1. The number of esters is 1. The maximum absolute atomic E-state index is 11.9. The zero-order chi connectivity index (χ0) is 13.8. The lowest BCUT2D eigenvalue weighted by atomic mass is 10.3. The molecule has 0 unspecified atom stereocenters. The minimum atomic E-state index is -0.434. The summed E-state index contributed by atoms with van der Waals surface area (Å²) in [5, 5.41) is 2.54. The van der Waals surface area contributed by atoms with Crippen LogP contribution in [0.2, 0.25) is 0 Å². The highest BCUT2D eigenvalue weighted by Gasteiger charge is 2.11. The van der Waals surface area contributed by atoms with E-state index >= 15 is 0 Å². The number of pyridine rings is 1. The third-order valence-corrected chi connectivity index (χ3v) is 2.79. The smallest absolute Gasteiger partial charge is 0.325 e. The molecule has 100 valence electrons. The van der Waals surface area contributed by atoms with Crippen LogP contribution >= 0.6 is 0 Å². The van der Waals surface area contributed by atoms with Gasteiger partial charge in [0.05, 0.1) is 12.2 Å². The fraction of sp³-hybridized carbons (Fsp3) is 0.286. The predicted octanol–water partition coefficient (Wildman–Crippen LogP) is 1.54. The molecule has 1 amide bonds. The van der Waals surface area contributed by atoms with Crippen LogP contribution in [0.25, 0.3) is 5.52 Å². The molecule has 0 aliphatic rings. The van der Waals surface area contributed by atoms with Crippen LogP contribution in [0.3, 0.4) is 0 Å². The summed E-state index contributed by atoms with van der Waals surface area (Å²) in [7, 11) is 0. The predicted molar refractivity (Wildman–Crippen MR) is 71.1 cm³/mol. The topological polar surface area (TPSA) is 59.8 Å². The molecule has 0 saturated heterocycles. The Hall–Kier alpha value is -2.30. The number of hydrogen-bond donors (Lipinski definition) is 1. The second-order valence-corrected chi connectivity index (χ2v) is 4.18. The van der Waals surface area contributed by atoms with Crippen molar-refractivity contribution in [3.05, 3.63) is 41.7 Å². The van der Waals surface area contributed by atoms with Gasteiger partial charge in [0.1, 0.15) is 6.54 Å². The number of aryl methyl sites for hydroxylation is 1. The van der Waals surface area contributed by atoms with E-state index in [1.165, 1.54) is 0 Å². The molecule has 2 heterocycles. The van der Waals surface area contributed by atoms with Crippen LogP contribution in [0.15, 0.2) is 30.5 Å². The van der Waals surface area contributed by atoms with Crippen LogP contribution in [-0.2, 0) is 9.53 Å². The van der Waals surface area contributed by atoms with Gasteiger partial charge in [0.25, 0.3) is 5.91 Å². The summed E-state index contributed by atoms with van der Waals surface area (Å²) >= 11 is 0. The van der Waals surface area contributed by atoms with E-state index in [-0.39, 0.29) is 12.5 Å². The van der Waals surface area contributed by atoms with E-state index in [0.29, 0.717) is 12.2 Å². The number of ether oxygens (including phenoxy) is 1. The van der Waals surface area contributed by atoms with Gasteiger partial charge in [-0.25, -0.2) is 0 Å². The zero-order valence-electron chi connectivity index (χ0n) is 11.0. The molecular formula is C14H16N2O3. The van der Waals surface area contributed by atoms with Crippen LogP contribution in [0, 0.1) is 6.92 Å². The fourth-order valence-corrected chi connectivity index (χ4v) is 1.87. The molecule has 0 aromatic carbocycles. The summed E-state index contributed by atoms with van der Waals surface area (Å²) in [6.45, 7) is 3.89. The number of amides is 1. The van der Waals surface area contributed by atoms with E-state index in [4.69, 9.17) is 4.74 Å². The van der Waals surface area contributed by atoms with Gasteiger partial charge >= 0.3 is 5.97 Å². The Labute approximate surface area is 111 Å². The summed E-state index contributed by atoms with van der Waals surface area (Å²) < 4.78 is 6.68. The number of fused-ring (bicyclic) bond motifs is 1. The van der Waals surface area contributed by atoms with Crippen LogP contribution in [0.4, 0.5) is 0 Å². The third kappa shape index (κ3) is 2.93. The Morgan fingerprint density at radius 1 is 1.37 bits per heavy atom. The van der Waals surface area contributed by atoms with E-state index in [1.807, 2.05) is 29.5 Å². The van der Waals surface area contributed by atoms with Crippen LogP contribution in [0.1, 0.15) is 23.0 Å². The lowest BCUT2D eigenvalue weighted by Crippen LogP contribution is -2.30. The number of nitrogens with zero attached hydrogens (tertiary/aromatic N) is 1. The van der Waals surface area contributed by atoms with Gasteiger partial charge in [-0.15, -0.1) is 0 Å². The van der Waals surface area contributed by atoms with Crippen molar-refractivity contribution in [1.29, 1.82) is 0 Å². The molecular weight excluding hydrogens is 244 g/mol. The van der Waals surface area contributed by atoms with Crippen molar-refractivity contribution in [2.75, 3.05) is 13.2 Å². The Bertz CT molecular complexity index is 616. The SMILES string of the molecule is CCOC(=O)CNC(=O)c1cc2cccc(C)n2c1. The average molecular weight is 260 g/mol. The minimum absolute atomic E-state index is 0.113. The van der Waals surface area contributed by atoms with Crippen molar-refractivity contribution in [2.45, 2.75) is 13.8 Å². The molecule has 5 heteroatoms. The highest BCUT2D eigenvalue weighted by Crippen LogP contribution is 2.12. The fourth-order valence-electron chi connectivity index (χ4n) is 1.87. The first-order valence-corrected chi connectivity index (χ1v) is 6.13. The number of carbonyl (C=O) groups is 2. The molecule has 0 radical (unpaired) electrons. The van der Waals surface area contributed by atoms with Gasteiger partial charge < -0.3 is 14.5 Å². The van der Waals surface area contributed by atoms with Crippen molar-refractivity contribution in [3.63, 3.8) is 0 Å². The van der Waals surface area contributed by atoms with Crippen molar-refractivity contribution in [1.82, 2.24) is 9.72 Å². The van der Waals surface area contributed by atoms with Gasteiger partial charge in [-0.1, -0.05) is 6.07 Å². The Morgan fingerprint density at radius 3 is 2.84 bits per heavy atom. The molecule has 0 saturated carbocycles. The van der Waals surface area contributed by atoms with E-state index in [2.05, 4.69) is 5.32 Å². The third-order valence-electron chi connectivity index (χ3n) is 2.79. The molecule has 2 rings (SSSR count). The van der Waals surface area contributed by atoms with Crippen LogP contribution < -0.4 is 5.32 Å². The van der Waals surface area contributed by atoms with Gasteiger partial charge in [-0.2, -0.15) is 0 Å². The lowest BCUT2D eigenvalue weighted by molar-refractivity contribution is -0.141. The van der Waals surface area contributed by atoms with Crippen LogP contribution in [0.5, 0.6) is 0 Å². The summed E-state index contributed by atoms with van der Waals surface area (Å²) in [5.74, 6) is -0.716. The van der Waals surface area contributed by atoms with Gasteiger partial charge in [0.15, 0.2) is 0 Å². The molecule has 1 N–H and O–H groups in total. The number of nitrogens with one attached hydrogen (secondary N) is 1. The van der Waals surface area contributed by atoms with Gasteiger partial charge in [-0.05, 0) is 32.0 Å². The number of hydrogen-bond acceptors (Lipinski definition) is 3. The molecule has 19 heavy (non-hydrogen) atoms. The molecule has 0 atom stereocenters. The first kappa shape index (κ1) is 13.1. The summed E-state index contributed by atoms with van der Waals surface area (Å²) in [6, 6.07) is 7.61. The normalized spacial score (nSPS) is 10.4. The first-order chi connectivity index (χ1) is 9.11. The molecule has 0 bridgehead atoms. The highest BCUT2D eigenvalue weighted by atomic mass is 16.5. The molecule has 0 aliphatic carbocycles. The molecule has 2 aromatic heterocycles. The zero-order valence-corrected chi connectivity index (χ0v) is 11.0. The average Bonchev–Trinajstić information content (AvgIpc) is 2.82. The number of carbonyl (C=O) groups excluding carboxylic acids is 2. The molecule has 5 nitrogen and oxygen atoms in total. The Kier molecular flexibility index (Phi) is 3.85. The maximum atomic E-state index is 11.9. The Morgan fingerprint density at radius 2 is 2.16 bits per heavy atom. The van der Waals surface area contributed by atoms with Crippen molar-refractivity contribution >= 4 is 17.4 Å². The van der Waals surface area contributed by atoms with Gasteiger partial charge in [0, 0.05) is 17.4 Å². The van der Waals surface area contributed by atoms with E-state index in [9.17, 15) is 9.59 Å². The first-order valence-electron chi connectivity index (χ1n) is 6.13. The quantitative estimate of drug-likeness (QED) is 0.848. The maximum Gasteiger partial charge on any atom is 0.325 e. The second kappa shape index (κ2) is 5.56. The molecule has 0 fully saturated rings. The van der Waals surface area contributed by atoms with Crippen molar-refractivity contribution < 1.29 is 14.3 Å². The Balaban J connectivity index is 2.09. The monoisotopic (exact) mass is 260 g/mol. The van der Waals surface area contributed by atoms with E-state index in [1.54, 1.807) is 19.2 Å².